The van der Waals surface area contributed by atoms with Crippen molar-refractivity contribution in [3.8, 4) is 0 Å². The Balaban J connectivity index is 1.77. The number of hydrogen-bond acceptors (Lipinski definition) is 6. The highest BCUT2D eigenvalue weighted by atomic mass is 32.2. The lowest BCUT2D eigenvalue weighted by Crippen LogP contribution is -2.34. The van der Waals surface area contributed by atoms with Gasteiger partial charge >= 0.3 is 5.97 Å². The number of aryl methyl sites for hydroxylation is 2. The molecule has 0 aliphatic carbocycles. The molecule has 1 heterocycles. The summed E-state index contributed by atoms with van der Waals surface area (Å²) in [7, 11) is -0.682. The van der Waals surface area contributed by atoms with E-state index in [9.17, 15) is 18.0 Å². The third-order valence-electron chi connectivity index (χ3n) is 4.03. The number of benzene rings is 1. The fourth-order valence-corrected chi connectivity index (χ4v) is 3.27. The second kappa shape index (κ2) is 9.47. The van der Waals surface area contributed by atoms with Gasteiger partial charge in [0.25, 0.3) is 5.91 Å². The number of carbonyl (C=O) groups excluding carboxylic acids is 2. The predicted octanol–water partition coefficient (Wildman–Crippen LogP) is 0.463. The first kappa shape index (κ1) is 21.6. The Morgan fingerprint density at radius 3 is 2.43 bits per heavy atom. The minimum atomic E-state index is -3.87. The summed E-state index contributed by atoms with van der Waals surface area (Å²) < 4.78 is 32.3. The van der Waals surface area contributed by atoms with Crippen molar-refractivity contribution >= 4 is 21.9 Å². The molecule has 0 radical (unpaired) electrons. The minimum Gasteiger partial charge on any atom is -0.455 e. The van der Waals surface area contributed by atoms with Gasteiger partial charge in [-0.1, -0.05) is 31.2 Å². The van der Waals surface area contributed by atoms with E-state index in [-0.39, 0.29) is 10.8 Å². The number of sulfonamides is 1. The quantitative estimate of drug-likeness (QED) is 0.604. The number of nitrogens with one attached hydrogen (secondary N) is 1. The molecular formula is C18H24N4O5S. The summed E-state index contributed by atoms with van der Waals surface area (Å²) in [6.45, 7) is 1.41. The van der Waals surface area contributed by atoms with Crippen molar-refractivity contribution < 1.29 is 22.7 Å². The standard InChI is InChI=1S/C18H24N4O5S/c1-4-14-5-7-15(8-6-14)11-21(2)17(23)13-27-18(24)10-20-28(25,26)16-9-19-22(3)12-16/h5-9,12,20H,4,10-11,13H2,1-3H3. The molecule has 1 aromatic heterocycles. The van der Waals surface area contributed by atoms with Crippen LogP contribution in [0.5, 0.6) is 0 Å². The molecule has 0 unspecified atom stereocenters. The molecule has 2 aromatic rings. The van der Waals surface area contributed by atoms with Gasteiger partial charge in [-0.05, 0) is 17.5 Å². The second-order valence-electron chi connectivity index (χ2n) is 6.25. The van der Waals surface area contributed by atoms with E-state index in [0.29, 0.717) is 6.54 Å². The number of hydrogen-bond donors (Lipinski definition) is 1. The summed E-state index contributed by atoms with van der Waals surface area (Å²) in [6.07, 6.45) is 3.41. The number of aromatic nitrogens is 2. The van der Waals surface area contributed by atoms with Gasteiger partial charge in [-0.15, -0.1) is 0 Å². The van der Waals surface area contributed by atoms with Gasteiger partial charge in [0.2, 0.25) is 10.0 Å². The zero-order chi connectivity index (χ0) is 20.7. The van der Waals surface area contributed by atoms with E-state index in [2.05, 4.69) is 16.7 Å². The van der Waals surface area contributed by atoms with E-state index in [0.717, 1.165) is 12.0 Å². The fourth-order valence-electron chi connectivity index (χ4n) is 2.32. The van der Waals surface area contributed by atoms with Crippen LogP contribution in [0, 0.1) is 0 Å². The van der Waals surface area contributed by atoms with Crippen LogP contribution < -0.4 is 4.72 Å². The fraction of sp³-hybridized carbons (Fsp3) is 0.389. The highest BCUT2D eigenvalue weighted by Gasteiger charge is 2.19. The van der Waals surface area contributed by atoms with Gasteiger partial charge < -0.3 is 9.64 Å². The van der Waals surface area contributed by atoms with Crippen LogP contribution in [-0.4, -0.2) is 55.2 Å². The van der Waals surface area contributed by atoms with Crippen LogP contribution in [0.4, 0.5) is 0 Å². The number of nitrogens with zero attached hydrogens (tertiary/aromatic N) is 3. The van der Waals surface area contributed by atoms with Gasteiger partial charge in [0.1, 0.15) is 11.4 Å². The van der Waals surface area contributed by atoms with E-state index in [1.54, 1.807) is 14.1 Å². The van der Waals surface area contributed by atoms with Crippen molar-refractivity contribution in [1.82, 2.24) is 19.4 Å². The number of carbonyl (C=O) groups is 2. The summed E-state index contributed by atoms with van der Waals surface area (Å²) in [6, 6.07) is 7.90. The summed E-state index contributed by atoms with van der Waals surface area (Å²) in [4.78, 5) is 25.2. The zero-order valence-electron chi connectivity index (χ0n) is 16.1. The van der Waals surface area contributed by atoms with Crippen molar-refractivity contribution in [2.24, 2.45) is 7.05 Å². The average Bonchev–Trinajstić information content (AvgIpc) is 3.12. The molecular weight excluding hydrogens is 384 g/mol. The van der Waals surface area contributed by atoms with E-state index < -0.39 is 29.1 Å². The van der Waals surface area contributed by atoms with Crippen LogP contribution >= 0.6 is 0 Å². The molecule has 0 aliphatic heterocycles. The van der Waals surface area contributed by atoms with Crippen molar-refractivity contribution in [2.75, 3.05) is 20.2 Å². The first-order valence-electron chi connectivity index (χ1n) is 8.67. The maximum absolute atomic E-state index is 12.1. The van der Waals surface area contributed by atoms with Crippen LogP contribution in [0.15, 0.2) is 41.6 Å². The van der Waals surface area contributed by atoms with E-state index in [1.807, 2.05) is 24.3 Å². The third-order valence-corrected chi connectivity index (χ3v) is 5.39. The number of rotatable bonds is 9. The van der Waals surface area contributed by atoms with E-state index in [4.69, 9.17) is 4.74 Å². The SMILES string of the molecule is CCc1ccc(CN(C)C(=O)COC(=O)CNS(=O)(=O)c2cnn(C)c2)cc1. The highest BCUT2D eigenvalue weighted by molar-refractivity contribution is 7.89. The molecule has 1 amide bonds. The van der Waals surface area contributed by atoms with Crippen molar-refractivity contribution in [3.63, 3.8) is 0 Å². The molecule has 0 fully saturated rings. The summed E-state index contributed by atoms with van der Waals surface area (Å²) in [5, 5.41) is 3.76. The van der Waals surface area contributed by atoms with Gasteiger partial charge in [-0.25, -0.2) is 8.42 Å². The smallest absolute Gasteiger partial charge is 0.321 e. The molecule has 0 aliphatic rings. The molecule has 1 N–H and O–H groups in total. The van der Waals surface area contributed by atoms with Gasteiger partial charge in [-0.3, -0.25) is 14.3 Å². The minimum absolute atomic E-state index is 0.0623. The van der Waals surface area contributed by atoms with Crippen LogP contribution in [-0.2, 0) is 44.4 Å². The molecule has 2 rings (SSSR count). The van der Waals surface area contributed by atoms with Crippen LogP contribution in [0.25, 0.3) is 0 Å². The molecule has 0 saturated carbocycles. The summed E-state index contributed by atoms with van der Waals surface area (Å²) in [5.41, 5.74) is 2.17. The maximum atomic E-state index is 12.1. The van der Waals surface area contributed by atoms with Crippen LogP contribution in [0.2, 0.25) is 0 Å². The molecule has 0 bridgehead atoms. The highest BCUT2D eigenvalue weighted by Crippen LogP contribution is 2.08. The van der Waals surface area contributed by atoms with Crippen molar-refractivity contribution in [2.45, 2.75) is 24.8 Å². The lowest BCUT2D eigenvalue weighted by molar-refractivity contribution is -0.150. The number of ether oxygens (including phenoxy) is 1. The number of amides is 1. The van der Waals surface area contributed by atoms with Crippen molar-refractivity contribution in [3.05, 3.63) is 47.8 Å². The number of likely N-dealkylation sites (N-methyl/N-ethyl adjacent to an activating group) is 1. The van der Waals surface area contributed by atoms with E-state index >= 15 is 0 Å². The van der Waals surface area contributed by atoms with Crippen molar-refractivity contribution in [1.29, 1.82) is 0 Å². The first-order chi connectivity index (χ1) is 13.2. The largest absolute Gasteiger partial charge is 0.455 e. The normalized spacial score (nSPS) is 11.2. The molecule has 0 atom stereocenters. The monoisotopic (exact) mass is 408 g/mol. The zero-order valence-corrected chi connectivity index (χ0v) is 16.9. The molecule has 10 heteroatoms. The predicted molar refractivity (Wildman–Crippen MR) is 102 cm³/mol. The molecule has 0 saturated heterocycles. The summed E-state index contributed by atoms with van der Waals surface area (Å²) in [5.74, 6) is -1.23. The van der Waals surface area contributed by atoms with Gasteiger partial charge in [0.05, 0.1) is 6.20 Å². The number of esters is 1. The van der Waals surface area contributed by atoms with Crippen LogP contribution in [0.3, 0.4) is 0 Å². The van der Waals surface area contributed by atoms with Gasteiger partial charge in [0.15, 0.2) is 6.61 Å². The van der Waals surface area contributed by atoms with Gasteiger partial charge in [-0.2, -0.15) is 9.82 Å². The lowest BCUT2D eigenvalue weighted by atomic mass is 10.1. The Kier molecular flexibility index (Phi) is 7.30. The molecule has 152 valence electrons. The Bertz CT molecular complexity index is 922. The summed E-state index contributed by atoms with van der Waals surface area (Å²) >= 11 is 0. The average molecular weight is 408 g/mol. The topological polar surface area (TPSA) is 111 Å². The molecule has 9 nitrogen and oxygen atoms in total. The Labute approximate surface area is 164 Å². The lowest BCUT2D eigenvalue weighted by Gasteiger charge is -2.17. The van der Waals surface area contributed by atoms with Crippen LogP contribution in [0.1, 0.15) is 18.1 Å². The maximum Gasteiger partial charge on any atom is 0.321 e. The third kappa shape index (κ3) is 6.17. The molecule has 0 spiro atoms. The molecule has 1 aromatic carbocycles. The van der Waals surface area contributed by atoms with E-state index in [1.165, 1.54) is 27.5 Å². The Morgan fingerprint density at radius 2 is 1.86 bits per heavy atom. The Hall–Kier alpha value is -2.72. The Morgan fingerprint density at radius 1 is 1.21 bits per heavy atom. The van der Waals surface area contributed by atoms with Gasteiger partial charge in [0, 0.05) is 26.8 Å². The first-order valence-corrected chi connectivity index (χ1v) is 10.2. The second-order valence-corrected chi connectivity index (χ2v) is 8.02. The molecule has 28 heavy (non-hydrogen) atoms.